The number of rotatable bonds is 9. The lowest BCUT2D eigenvalue weighted by Crippen LogP contribution is -2.58. The number of carbonyl (C=O) groups is 2. The molecule has 226 valence electrons. The minimum absolute atomic E-state index is 0.164. The molecular weight excluding hydrogens is 554 g/mol. The Labute approximate surface area is 252 Å². The number of likely N-dealkylation sites (N-methyl/N-ethyl adjacent to an activating group) is 1. The number of hydrogen-bond donors (Lipinski definition) is 1. The summed E-state index contributed by atoms with van der Waals surface area (Å²) in [5.41, 5.74) is 2.31. The van der Waals surface area contributed by atoms with E-state index >= 15 is 0 Å². The van der Waals surface area contributed by atoms with Crippen LogP contribution in [0.4, 0.5) is 5.13 Å². The first kappa shape index (κ1) is 30.4. The van der Waals surface area contributed by atoms with Crippen LogP contribution in [0.2, 0.25) is 0 Å². The van der Waals surface area contributed by atoms with Crippen LogP contribution in [0, 0.1) is 24.2 Å². The number of likely N-dealkylation sites (tertiary alicyclic amines) is 1. The van der Waals surface area contributed by atoms with Crippen molar-refractivity contribution in [2.24, 2.45) is 11.8 Å². The molecule has 4 atom stereocenters. The van der Waals surface area contributed by atoms with E-state index in [0.717, 1.165) is 42.6 Å². The van der Waals surface area contributed by atoms with Crippen molar-refractivity contribution in [3.05, 3.63) is 35.2 Å². The quantitative estimate of drug-likeness (QED) is 0.349. The van der Waals surface area contributed by atoms with Gasteiger partial charge in [0, 0.05) is 63.5 Å². The highest BCUT2D eigenvalue weighted by molar-refractivity contribution is 7.14. The van der Waals surface area contributed by atoms with Crippen molar-refractivity contribution < 1.29 is 23.8 Å². The topological polar surface area (TPSA) is 96.5 Å². The molecule has 3 aliphatic heterocycles. The van der Waals surface area contributed by atoms with Gasteiger partial charge in [0.15, 0.2) is 5.13 Å². The van der Waals surface area contributed by atoms with Crippen molar-refractivity contribution in [2.75, 3.05) is 65.5 Å². The number of aromatic nitrogens is 1. The van der Waals surface area contributed by atoms with E-state index in [2.05, 4.69) is 33.5 Å². The first-order chi connectivity index (χ1) is 20.2. The first-order valence-electron chi connectivity index (χ1n) is 14.5. The van der Waals surface area contributed by atoms with E-state index in [1.54, 1.807) is 28.4 Å². The average Bonchev–Trinajstić information content (AvgIpc) is 3.72. The van der Waals surface area contributed by atoms with Gasteiger partial charge in [0.1, 0.15) is 18.7 Å². The van der Waals surface area contributed by atoms with Gasteiger partial charge in [-0.05, 0) is 31.5 Å². The summed E-state index contributed by atoms with van der Waals surface area (Å²) in [7, 11) is 5.21. The van der Waals surface area contributed by atoms with E-state index in [1.165, 1.54) is 14.2 Å². The molecule has 1 unspecified atom stereocenters. The monoisotopic (exact) mass is 595 g/mol. The third kappa shape index (κ3) is 5.92. The molecule has 3 saturated heterocycles. The lowest BCUT2D eigenvalue weighted by Gasteiger charge is -2.37. The molecule has 2 amide bonds. The van der Waals surface area contributed by atoms with Crippen LogP contribution in [0.3, 0.4) is 0 Å². The molecule has 4 heterocycles. The number of thiazole rings is 1. The first-order valence-corrected chi connectivity index (χ1v) is 15.4. The highest BCUT2D eigenvalue weighted by Gasteiger charge is 2.61. The average molecular weight is 596 g/mol. The number of benzene rings is 1. The van der Waals surface area contributed by atoms with Gasteiger partial charge >= 0.3 is 0 Å². The second-order valence-electron chi connectivity index (χ2n) is 11.7. The fraction of sp³-hybridized carbons (Fsp3) is 0.581. The standard InChI is InChI=1S/C31H41N5O5S/c1-7-21-17-36(27-26(21)41-19-31(27,39-5)40-6)29(38)24(16-20(2)3)32-28(37)23-10-8-22(9-11-23)25-18-42-30(33-25)35-14-12-34(4)13-15-35/h1,8-11,18,20-21,24,26-27H,12-17,19H2,2-6H3,(H,32,37)/t21-,24?,26-,27+/m1/s1. The maximum Gasteiger partial charge on any atom is 0.251 e. The SMILES string of the molecule is C#C[C@@H]1CN(C(=O)C(CC(C)C)NC(=O)c2ccc(-c3csc(N4CCN(C)CC4)n3)cc2)[C@H]2[C@@H]1OCC2(OC)OC. The summed E-state index contributed by atoms with van der Waals surface area (Å²) in [5, 5.41) is 6.07. The molecular formula is C31H41N5O5S. The third-order valence-corrected chi connectivity index (χ3v) is 9.47. The van der Waals surface area contributed by atoms with E-state index in [9.17, 15) is 9.59 Å². The van der Waals surface area contributed by atoms with Crippen molar-refractivity contribution in [3.8, 4) is 23.6 Å². The van der Waals surface area contributed by atoms with Crippen LogP contribution >= 0.6 is 11.3 Å². The van der Waals surface area contributed by atoms with E-state index in [-0.39, 0.29) is 30.3 Å². The molecule has 3 fully saturated rings. The lowest BCUT2D eigenvalue weighted by atomic mass is 9.98. The van der Waals surface area contributed by atoms with Crippen molar-refractivity contribution in [1.29, 1.82) is 0 Å². The number of terminal acetylenes is 1. The smallest absolute Gasteiger partial charge is 0.251 e. The van der Waals surface area contributed by atoms with Gasteiger partial charge in [0.05, 0.1) is 17.7 Å². The number of amides is 2. The second-order valence-corrected chi connectivity index (χ2v) is 12.6. The zero-order valence-corrected chi connectivity index (χ0v) is 25.9. The maximum absolute atomic E-state index is 14.0. The predicted octanol–water partition coefficient (Wildman–Crippen LogP) is 2.55. The summed E-state index contributed by atoms with van der Waals surface area (Å²) >= 11 is 1.64. The molecule has 0 spiro atoms. The number of nitrogens with one attached hydrogen (secondary N) is 1. The highest BCUT2D eigenvalue weighted by atomic mass is 32.1. The van der Waals surface area contributed by atoms with Crippen molar-refractivity contribution in [2.45, 2.75) is 44.2 Å². The van der Waals surface area contributed by atoms with E-state index < -0.39 is 24.0 Å². The number of methoxy groups -OCH3 is 2. The molecule has 10 nitrogen and oxygen atoms in total. The lowest BCUT2D eigenvalue weighted by molar-refractivity contribution is -0.227. The van der Waals surface area contributed by atoms with Crippen molar-refractivity contribution in [3.63, 3.8) is 0 Å². The Morgan fingerprint density at radius 3 is 2.50 bits per heavy atom. The number of ether oxygens (including phenoxy) is 3. The molecule has 5 rings (SSSR count). The molecule has 42 heavy (non-hydrogen) atoms. The molecule has 0 saturated carbocycles. The minimum Gasteiger partial charge on any atom is -0.369 e. The van der Waals surface area contributed by atoms with Crippen molar-refractivity contribution in [1.82, 2.24) is 20.1 Å². The number of piperazine rings is 1. The van der Waals surface area contributed by atoms with Crippen LogP contribution in [0.5, 0.6) is 0 Å². The van der Waals surface area contributed by atoms with E-state index in [1.807, 2.05) is 26.0 Å². The number of hydrogen-bond acceptors (Lipinski definition) is 9. The van der Waals surface area contributed by atoms with E-state index in [0.29, 0.717) is 18.5 Å². The molecule has 1 aromatic heterocycles. The highest BCUT2D eigenvalue weighted by Crippen LogP contribution is 2.41. The number of nitrogens with zero attached hydrogens (tertiary/aromatic N) is 4. The van der Waals surface area contributed by atoms with Crippen molar-refractivity contribution >= 4 is 28.3 Å². The Morgan fingerprint density at radius 1 is 1.19 bits per heavy atom. The molecule has 11 heteroatoms. The Morgan fingerprint density at radius 2 is 1.88 bits per heavy atom. The van der Waals surface area contributed by atoms with Gasteiger partial charge in [-0.15, -0.1) is 17.8 Å². The molecule has 3 aliphatic rings. The maximum atomic E-state index is 14.0. The summed E-state index contributed by atoms with van der Waals surface area (Å²) < 4.78 is 17.4. The fourth-order valence-electron chi connectivity index (χ4n) is 6.10. The van der Waals surface area contributed by atoms with Crippen LogP contribution < -0.4 is 10.2 Å². The third-order valence-electron chi connectivity index (χ3n) is 8.57. The van der Waals surface area contributed by atoms with Gasteiger partial charge in [-0.3, -0.25) is 9.59 Å². The van der Waals surface area contributed by atoms with E-state index in [4.69, 9.17) is 25.6 Å². The molecule has 1 aromatic carbocycles. The zero-order chi connectivity index (χ0) is 30.0. The van der Waals surface area contributed by atoms with Crippen LogP contribution in [0.15, 0.2) is 29.6 Å². The Balaban J connectivity index is 1.29. The summed E-state index contributed by atoms with van der Waals surface area (Å²) in [6.45, 7) is 8.50. The van der Waals surface area contributed by atoms with Crippen LogP contribution in [-0.4, -0.2) is 111 Å². The number of carbonyl (C=O) groups excluding carboxylic acids is 2. The minimum atomic E-state index is -1.12. The zero-order valence-electron chi connectivity index (χ0n) is 25.0. The second kappa shape index (κ2) is 12.7. The molecule has 0 radical (unpaired) electrons. The summed E-state index contributed by atoms with van der Waals surface area (Å²) in [6.07, 6.45) is 5.88. The van der Waals surface area contributed by atoms with Crippen LogP contribution in [0.25, 0.3) is 11.3 Å². The van der Waals surface area contributed by atoms with Gasteiger partial charge in [0.2, 0.25) is 11.7 Å². The summed E-state index contributed by atoms with van der Waals surface area (Å²) in [6, 6.07) is 6.11. The normalized spacial score (nSPS) is 24.5. The van der Waals surface area contributed by atoms with Gasteiger partial charge in [-0.25, -0.2) is 4.98 Å². The van der Waals surface area contributed by atoms with Gasteiger partial charge < -0.3 is 34.2 Å². The number of fused-ring (bicyclic) bond motifs is 1. The molecule has 1 N–H and O–H groups in total. The fourth-order valence-corrected chi connectivity index (χ4v) is 6.99. The molecule has 2 aromatic rings. The van der Waals surface area contributed by atoms with Crippen LogP contribution in [0.1, 0.15) is 30.6 Å². The molecule has 0 bridgehead atoms. The Hall–Kier alpha value is -3.01. The van der Waals surface area contributed by atoms with Gasteiger partial charge in [0.25, 0.3) is 5.91 Å². The summed E-state index contributed by atoms with van der Waals surface area (Å²) in [5.74, 6) is 0.989. The van der Waals surface area contributed by atoms with Crippen LogP contribution in [-0.2, 0) is 19.0 Å². The van der Waals surface area contributed by atoms with Gasteiger partial charge in [-0.1, -0.05) is 31.9 Å². The Bertz CT molecular complexity index is 1300. The Kier molecular flexibility index (Phi) is 9.20. The largest absolute Gasteiger partial charge is 0.369 e. The number of anilines is 1. The molecule has 0 aliphatic carbocycles. The summed E-state index contributed by atoms with van der Waals surface area (Å²) in [4.78, 5) is 38.6. The van der Waals surface area contributed by atoms with Gasteiger partial charge in [-0.2, -0.15) is 0 Å². The predicted molar refractivity (Wildman–Crippen MR) is 162 cm³/mol.